The van der Waals surface area contributed by atoms with Crippen LogP contribution in [0.1, 0.15) is 67.2 Å². The number of amides is 1. The highest BCUT2D eigenvalue weighted by molar-refractivity contribution is 6.30. The third-order valence-corrected chi connectivity index (χ3v) is 5.01. The largest absolute Gasteiger partial charge is 0.325 e. The molecule has 1 atom stereocenters. The Bertz CT molecular complexity index is 781. The smallest absolute Gasteiger partial charge is 0.273 e. The van der Waals surface area contributed by atoms with E-state index in [0.717, 1.165) is 18.1 Å². The van der Waals surface area contributed by atoms with Crippen molar-refractivity contribution >= 4 is 17.5 Å². The van der Waals surface area contributed by atoms with Crippen molar-refractivity contribution in [1.29, 1.82) is 0 Å². The predicted octanol–water partition coefficient (Wildman–Crippen LogP) is 3.45. The van der Waals surface area contributed by atoms with Crippen LogP contribution in [0.5, 0.6) is 0 Å². The van der Waals surface area contributed by atoms with Crippen molar-refractivity contribution in [1.82, 2.24) is 24.6 Å². The Balaban J connectivity index is 1.66. The average molecular weight is 360 g/mol. The Labute approximate surface area is 152 Å². The van der Waals surface area contributed by atoms with E-state index in [1.807, 2.05) is 9.58 Å². The molecule has 1 aliphatic carbocycles. The Kier molecular flexibility index (Phi) is 4.23. The third kappa shape index (κ3) is 3.27. The number of rotatable bonds is 4. The maximum absolute atomic E-state index is 13.0. The van der Waals surface area contributed by atoms with Gasteiger partial charge in [-0.15, -0.1) is 0 Å². The number of hydrogen-bond donors (Lipinski definition) is 0. The fourth-order valence-corrected chi connectivity index (χ4v) is 3.48. The van der Waals surface area contributed by atoms with Crippen molar-refractivity contribution in [2.75, 3.05) is 6.54 Å². The van der Waals surface area contributed by atoms with Crippen LogP contribution in [0, 0.1) is 5.92 Å². The molecule has 2 aromatic rings. The quantitative estimate of drug-likeness (QED) is 0.838. The van der Waals surface area contributed by atoms with E-state index in [4.69, 9.17) is 16.6 Å². The molecule has 0 bridgehead atoms. The van der Waals surface area contributed by atoms with Crippen LogP contribution in [0.25, 0.3) is 0 Å². The molecule has 0 aromatic carbocycles. The summed E-state index contributed by atoms with van der Waals surface area (Å²) in [6.45, 7) is 5.64. The molecule has 0 N–H and O–H groups in total. The first kappa shape index (κ1) is 16.5. The summed E-state index contributed by atoms with van der Waals surface area (Å²) < 4.78 is 2.00. The van der Waals surface area contributed by atoms with Crippen LogP contribution < -0.4 is 0 Å². The fourth-order valence-electron chi connectivity index (χ4n) is 3.37. The molecule has 1 saturated carbocycles. The van der Waals surface area contributed by atoms with E-state index >= 15 is 0 Å². The minimum atomic E-state index is -0.0652. The Morgan fingerprint density at radius 1 is 1.32 bits per heavy atom. The molecule has 4 rings (SSSR count). The first-order valence-corrected chi connectivity index (χ1v) is 9.28. The van der Waals surface area contributed by atoms with Crippen LogP contribution in [0.3, 0.4) is 0 Å². The molecule has 6 nitrogen and oxygen atoms in total. The molecule has 0 saturated heterocycles. The van der Waals surface area contributed by atoms with Crippen molar-refractivity contribution in [3.63, 3.8) is 0 Å². The van der Waals surface area contributed by atoms with Crippen LogP contribution in [-0.4, -0.2) is 37.1 Å². The molecule has 1 aliphatic heterocycles. The minimum Gasteiger partial charge on any atom is -0.325 e. The van der Waals surface area contributed by atoms with E-state index in [9.17, 15) is 4.79 Å². The Morgan fingerprint density at radius 2 is 2.12 bits per heavy atom. The topological polar surface area (TPSA) is 63.9 Å². The second-order valence-corrected chi connectivity index (χ2v) is 7.77. The van der Waals surface area contributed by atoms with Crippen LogP contribution in [0.4, 0.5) is 0 Å². The van der Waals surface area contributed by atoms with E-state index < -0.39 is 0 Å². The number of hydrogen-bond acceptors (Lipinski definition) is 4. The van der Waals surface area contributed by atoms with E-state index in [1.165, 1.54) is 19.0 Å². The van der Waals surface area contributed by atoms with E-state index in [2.05, 4.69) is 23.9 Å². The van der Waals surface area contributed by atoms with Gasteiger partial charge in [0.05, 0.1) is 17.6 Å². The van der Waals surface area contributed by atoms with Crippen molar-refractivity contribution in [2.45, 2.75) is 51.6 Å². The van der Waals surface area contributed by atoms with Crippen molar-refractivity contribution in [2.24, 2.45) is 5.92 Å². The fraction of sp³-hybridized carbons (Fsp3) is 0.556. The summed E-state index contributed by atoms with van der Waals surface area (Å²) in [6, 6.07) is 3.34. The van der Waals surface area contributed by atoms with Crippen LogP contribution in [-0.2, 0) is 6.54 Å². The number of fused-ring (bicyclic) bond motifs is 1. The molecule has 2 aromatic heterocycles. The van der Waals surface area contributed by atoms with Crippen LogP contribution >= 0.6 is 11.6 Å². The predicted molar refractivity (Wildman–Crippen MR) is 94.5 cm³/mol. The maximum atomic E-state index is 13.0. The standard InChI is InChI=1S/C18H22ClN5O/c1-11(2)9-15-17-21-16(12-3-4-12)22-24(17)8-7-23(15)18(25)14-6-5-13(19)10-20-14/h5-6,10-12,15H,3-4,7-9H2,1-2H3/t15-/m0/s1. The van der Waals surface area contributed by atoms with Gasteiger partial charge in [-0.25, -0.2) is 14.6 Å². The molecule has 0 radical (unpaired) electrons. The molecule has 0 unspecified atom stereocenters. The summed E-state index contributed by atoms with van der Waals surface area (Å²) in [7, 11) is 0. The zero-order chi connectivity index (χ0) is 17.6. The zero-order valence-corrected chi connectivity index (χ0v) is 15.3. The maximum Gasteiger partial charge on any atom is 0.273 e. The van der Waals surface area contributed by atoms with Gasteiger partial charge in [0, 0.05) is 18.7 Å². The second kappa shape index (κ2) is 6.41. The lowest BCUT2D eigenvalue weighted by Gasteiger charge is -2.35. The molecule has 132 valence electrons. The van der Waals surface area contributed by atoms with Gasteiger partial charge in [-0.05, 0) is 37.3 Å². The molecular formula is C18H22ClN5O. The van der Waals surface area contributed by atoms with Gasteiger partial charge in [-0.2, -0.15) is 5.10 Å². The summed E-state index contributed by atoms with van der Waals surface area (Å²) in [5.74, 6) is 2.77. The summed E-state index contributed by atoms with van der Waals surface area (Å²) in [4.78, 5) is 23.9. The van der Waals surface area contributed by atoms with Gasteiger partial charge >= 0.3 is 0 Å². The minimum absolute atomic E-state index is 0.0567. The van der Waals surface area contributed by atoms with Crippen molar-refractivity contribution in [3.05, 3.63) is 40.7 Å². The van der Waals surface area contributed by atoms with Crippen LogP contribution in [0.15, 0.2) is 18.3 Å². The van der Waals surface area contributed by atoms with Crippen molar-refractivity contribution < 1.29 is 4.79 Å². The first-order valence-electron chi connectivity index (χ1n) is 8.90. The lowest BCUT2D eigenvalue weighted by Crippen LogP contribution is -2.43. The highest BCUT2D eigenvalue weighted by atomic mass is 35.5. The SMILES string of the molecule is CC(C)C[C@H]1c2nc(C3CC3)nn2CCN1C(=O)c1ccc(Cl)cn1. The van der Waals surface area contributed by atoms with Gasteiger partial charge in [0.2, 0.25) is 0 Å². The van der Waals surface area contributed by atoms with E-state index in [0.29, 0.717) is 35.6 Å². The zero-order valence-electron chi connectivity index (χ0n) is 14.5. The monoisotopic (exact) mass is 359 g/mol. The Hall–Kier alpha value is -1.95. The number of carbonyl (C=O) groups excluding carboxylic acids is 1. The lowest BCUT2D eigenvalue weighted by atomic mass is 10.00. The average Bonchev–Trinajstić information content (AvgIpc) is 3.34. The molecule has 1 amide bonds. The number of aromatic nitrogens is 4. The second-order valence-electron chi connectivity index (χ2n) is 7.33. The van der Waals surface area contributed by atoms with Gasteiger partial charge in [0.1, 0.15) is 11.5 Å². The summed E-state index contributed by atoms with van der Waals surface area (Å²) >= 11 is 5.90. The van der Waals surface area contributed by atoms with Gasteiger partial charge in [-0.1, -0.05) is 25.4 Å². The normalized spacial score (nSPS) is 20.0. The third-order valence-electron chi connectivity index (χ3n) is 4.79. The van der Waals surface area contributed by atoms with Gasteiger partial charge in [0.25, 0.3) is 5.91 Å². The Morgan fingerprint density at radius 3 is 2.76 bits per heavy atom. The molecule has 1 fully saturated rings. The highest BCUT2D eigenvalue weighted by Gasteiger charge is 2.37. The van der Waals surface area contributed by atoms with E-state index in [-0.39, 0.29) is 11.9 Å². The van der Waals surface area contributed by atoms with E-state index in [1.54, 1.807) is 12.1 Å². The highest BCUT2D eigenvalue weighted by Crippen LogP contribution is 2.40. The summed E-state index contributed by atoms with van der Waals surface area (Å²) in [5, 5.41) is 5.21. The summed E-state index contributed by atoms with van der Waals surface area (Å²) in [5.41, 5.74) is 0.425. The van der Waals surface area contributed by atoms with Gasteiger partial charge < -0.3 is 4.90 Å². The lowest BCUT2D eigenvalue weighted by molar-refractivity contribution is 0.0572. The van der Waals surface area contributed by atoms with Gasteiger partial charge in [0.15, 0.2) is 5.82 Å². The first-order chi connectivity index (χ1) is 12.0. The number of pyridine rings is 1. The number of halogens is 1. The number of nitrogens with zero attached hydrogens (tertiary/aromatic N) is 5. The molecule has 3 heterocycles. The molecule has 2 aliphatic rings. The molecule has 25 heavy (non-hydrogen) atoms. The molecular weight excluding hydrogens is 338 g/mol. The van der Waals surface area contributed by atoms with Crippen LogP contribution in [0.2, 0.25) is 5.02 Å². The summed E-state index contributed by atoms with van der Waals surface area (Å²) in [6.07, 6.45) is 4.73. The number of carbonyl (C=O) groups is 1. The molecule has 0 spiro atoms. The van der Waals surface area contributed by atoms with Gasteiger partial charge in [-0.3, -0.25) is 4.79 Å². The molecule has 7 heteroatoms. The van der Waals surface area contributed by atoms with Crippen molar-refractivity contribution in [3.8, 4) is 0 Å².